The number of thioether (sulfide) groups is 1. The van der Waals surface area contributed by atoms with Crippen LogP contribution in [0.3, 0.4) is 0 Å². The molecule has 0 aliphatic carbocycles. The van der Waals surface area contributed by atoms with Crippen molar-refractivity contribution in [3.05, 3.63) is 18.2 Å². The molecule has 0 fully saturated rings. The summed E-state index contributed by atoms with van der Waals surface area (Å²) in [7, 11) is -3.70. The highest BCUT2D eigenvalue weighted by molar-refractivity contribution is 7.98. The van der Waals surface area contributed by atoms with E-state index in [2.05, 4.69) is 4.72 Å². The molecular weight excluding hydrogens is 326 g/mol. The van der Waals surface area contributed by atoms with Crippen LogP contribution in [0.5, 0.6) is 11.5 Å². The number of rotatable bonds is 7. The highest BCUT2D eigenvalue weighted by Gasteiger charge is 2.25. The first-order chi connectivity index (χ1) is 10.3. The smallest absolute Gasteiger partial charge is 0.240 e. The normalized spacial score (nSPS) is 17.0. The van der Waals surface area contributed by atoms with Gasteiger partial charge in [-0.25, -0.2) is 13.1 Å². The molecule has 1 atom stereocenters. The van der Waals surface area contributed by atoms with Crippen molar-refractivity contribution in [2.45, 2.75) is 23.8 Å². The van der Waals surface area contributed by atoms with Crippen LogP contribution >= 0.6 is 11.8 Å². The zero-order valence-corrected chi connectivity index (χ0v) is 14.3. The van der Waals surface area contributed by atoms with Crippen LogP contribution in [-0.2, 0) is 10.0 Å². The maximum absolute atomic E-state index is 12.3. The fourth-order valence-electron chi connectivity index (χ4n) is 1.93. The van der Waals surface area contributed by atoms with Crippen LogP contribution in [-0.4, -0.2) is 50.9 Å². The standard InChI is InChI=1S/C14H21NO5S2/c1-14(16,5-8-21-2)10-15-22(17,18)11-3-4-12-13(9-11)20-7-6-19-12/h3-4,9,15-16H,5-8,10H2,1-2H3/t14-/m0/s1. The Morgan fingerprint density at radius 3 is 2.68 bits per heavy atom. The van der Waals surface area contributed by atoms with E-state index in [0.717, 1.165) is 5.75 Å². The highest BCUT2D eigenvalue weighted by Crippen LogP contribution is 2.32. The largest absolute Gasteiger partial charge is 0.486 e. The number of sulfonamides is 1. The predicted molar refractivity (Wildman–Crippen MR) is 86.2 cm³/mol. The van der Waals surface area contributed by atoms with Crippen LogP contribution < -0.4 is 14.2 Å². The molecule has 0 radical (unpaired) electrons. The third-order valence-corrected chi connectivity index (χ3v) is 5.32. The lowest BCUT2D eigenvalue weighted by atomic mass is 10.1. The molecule has 6 nitrogen and oxygen atoms in total. The average molecular weight is 347 g/mol. The van der Waals surface area contributed by atoms with Gasteiger partial charge in [0.25, 0.3) is 0 Å². The minimum atomic E-state index is -3.70. The Morgan fingerprint density at radius 2 is 2.00 bits per heavy atom. The van der Waals surface area contributed by atoms with Gasteiger partial charge in [-0.1, -0.05) is 0 Å². The summed E-state index contributed by atoms with van der Waals surface area (Å²) in [5.74, 6) is 1.72. The van der Waals surface area contributed by atoms with Crippen LogP contribution in [0.2, 0.25) is 0 Å². The Bertz CT molecular complexity index is 616. The second-order valence-electron chi connectivity index (χ2n) is 5.37. The second kappa shape index (κ2) is 7.08. The summed E-state index contributed by atoms with van der Waals surface area (Å²) < 4.78 is 37.8. The van der Waals surface area contributed by atoms with E-state index in [1.807, 2.05) is 6.26 Å². The minimum Gasteiger partial charge on any atom is -0.486 e. The number of hydrogen-bond donors (Lipinski definition) is 2. The third kappa shape index (κ3) is 4.52. The molecule has 2 rings (SSSR count). The lowest BCUT2D eigenvalue weighted by Crippen LogP contribution is -2.41. The zero-order valence-electron chi connectivity index (χ0n) is 12.7. The van der Waals surface area contributed by atoms with E-state index in [1.54, 1.807) is 24.8 Å². The summed E-state index contributed by atoms with van der Waals surface area (Å²) in [6, 6.07) is 4.48. The van der Waals surface area contributed by atoms with E-state index in [1.165, 1.54) is 12.1 Å². The molecule has 124 valence electrons. The molecule has 0 spiro atoms. The van der Waals surface area contributed by atoms with Crippen molar-refractivity contribution in [2.75, 3.05) is 31.8 Å². The average Bonchev–Trinajstić information content (AvgIpc) is 2.51. The van der Waals surface area contributed by atoms with Crippen LogP contribution in [0.1, 0.15) is 13.3 Å². The van der Waals surface area contributed by atoms with E-state index in [0.29, 0.717) is 31.1 Å². The lowest BCUT2D eigenvalue weighted by molar-refractivity contribution is 0.0626. The predicted octanol–water partition coefficient (Wildman–Crippen LogP) is 1.24. The monoisotopic (exact) mass is 347 g/mol. The highest BCUT2D eigenvalue weighted by atomic mass is 32.2. The van der Waals surface area contributed by atoms with Gasteiger partial charge in [0.05, 0.1) is 10.5 Å². The van der Waals surface area contributed by atoms with Gasteiger partial charge in [0.1, 0.15) is 13.2 Å². The van der Waals surface area contributed by atoms with Gasteiger partial charge in [0.15, 0.2) is 11.5 Å². The van der Waals surface area contributed by atoms with E-state index >= 15 is 0 Å². The van der Waals surface area contributed by atoms with Crippen LogP contribution in [0.25, 0.3) is 0 Å². The Labute approximate surface area is 135 Å². The number of ether oxygens (including phenoxy) is 2. The molecule has 1 aliphatic heterocycles. The first-order valence-corrected chi connectivity index (χ1v) is 9.82. The summed E-state index contributed by atoms with van der Waals surface area (Å²) in [5.41, 5.74) is -1.08. The lowest BCUT2D eigenvalue weighted by Gasteiger charge is -2.23. The van der Waals surface area contributed by atoms with Gasteiger partial charge >= 0.3 is 0 Å². The Balaban J connectivity index is 2.07. The molecule has 22 heavy (non-hydrogen) atoms. The zero-order chi connectivity index (χ0) is 16.2. The molecule has 0 bridgehead atoms. The van der Waals surface area contributed by atoms with Gasteiger partial charge < -0.3 is 14.6 Å². The third-order valence-electron chi connectivity index (χ3n) is 3.31. The number of hydrogen-bond acceptors (Lipinski definition) is 6. The van der Waals surface area contributed by atoms with Crippen molar-refractivity contribution >= 4 is 21.8 Å². The Kier molecular flexibility index (Phi) is 5.60. The Morgan fingerprint density at radius 1 is 1.32 bits per heavy atom. The molecule has 8 heteroatoms. The fourth-order valence-corrected chi connectivity index (χ4v) is 3.76. The molecule has 0 unspecified atom stereocenters. The Hall–Kier alpha value is -0.960. The van der Waals surface area contributed by atoms with Gasteiger partial charge in [-0.15, -0.1) is 0 Å². The molecular formula is C14H21NO5S2. The maximum atomic E-state index is 12.3. The molecule has 1 aromatic carbocycles. The second-order valence-corrected chi connectivity index (χ2v) is 8.12. The van der Waals surface area contributed by atoms with Crippen molar-refractivity contribution in [1.29, 1.82) is 0 Å². The van der Waals surface area contributed by atoms with Gasteiger partial charge in [-0.2, -0.15) is 11.8 Å². The number of benzene rings is 1. The van der Waals surface area contributed by atoms with Crippen LogP contribution in [0, 0.1) is 0 Å². The number of nitrogens with one attached hydrogen (secondary N) is 1. The summed E-state index contributed by atoms with van der Waals surface area (Å²) >= 11 is 1.61. The van der Waals surface area contributed by atoms with Crippen LogP contribution in [0.4, 0.5) is 0 Å². The van der Waals surface area contributed by atoms with Gasteiger partial charge in [0, 0.05) is 12.6 Å². The van der Waals surface area contributed by atoms with Crippen molar-refractivity contribution in [2.24, 2.45) is 0 Å². The molecule has 1 aliphatic rings. The topological polar surface area (TPSA) is 84.9 Å². The van der Waals surface area contributed by atoms with E-state index < -0.39 is 15.6 Å². The van der Waals surface area contributed by atoms with Gasteiger partial charge in [-0.3, -0.25) is 0 Å². The molecule has 2 N–H and O–H groups in total. The molecule has 0 saturated carbocycles. The maximum Gasteiger partial charge on any atom is 0.240 e. The molecule has 0 amide bonds. The first kappa shape index (κ1) is 17.4. The van der Waals surface area contributed by atoms with Crippen molar-refractivity contribution in [3.8, 4) is 11.5 Å². The van der Waals surface area contributed by atoms with E-state index in [-0.39, 0.29) is 11.4 Å². The van der Waals surface area contributed by atoms with Gasteiger partial charge in [-0.05, 0) is 37.5 Å². The van der Waals surface area contributed by atoms with Gasteiger partial charge in [0.2, 0.25) is 10.0 Å². The van der Waals surface area contributed by atoms with Crippen molar-refractivity contribution in [1.82, 2.24) is 4.72 Å². The molecule has 1 aromatic rings. The number of aliphatic hydroxyl groups is 1. The minimum absolute atomic E-state index is 0.0374. The summed E-state index contributed by atoms with van der Waals surface area (Å²) in [5, 5.41) is 10.2. The van der Waals surface area contributed by atoms with E-state index in [4.69, 9.17) is 9.47 Å². The molecule has 0 aromatic heterocycles. The van der Waals surface area contributed by atoms with E-state index in [9.17, 15) is 13.5 Å². The van der Waals surface area contributed by atoms with Crippen molar-refractivity contribution in [3.63, 3.8) is 0 Å². The molecule has 0 saturated heterocycles. The molecule has 1 heterocycles. The first-order valence-electron chi connectivity index (χ1n) is 6.95. The van der Waals surface area contributed by atoms with Crippen LogP contribution in [0.15, 0.2) is 23.1 Å². The quantitative estimate of drug-likeness (QED) is 0.772. The SMILES string of the molecule is CSCC[C@](C)(O)CNS(=O)(=O)c1ccc2c(c1)OCCO2. The summed E-state index contributed by atoms with van der Waals surface area (Å²) in [4.78, 5) is 0.0948. The summed E-state index contributed by atoms with van der Waals surface area (Å²) in [6.07, 6.45) is 2.45. The number of fused-ring (bicyclic) bond motifs is 1. The summed E-state index contributed by atoms with van der Waals surface area (Å²) in [6.45, 7) is 2.43. The van der Waals surface area contributed by atoms with Crippen molar-refractivity contribution < 1.29 is 23.0 Å². The fraction of sp³-hybridized carbons (Fsp3) is 0.571.